The molecule has 0 saturated heterocycles. The molecule has 2 aromatic rings. The summed E-state index contributed by atoms with van der Waals surface area (Å²) in [7, 11) is 1.83. The molecule has 1 heterocycles. The Kier molecular flexibility index (Phi) is 5.01. The average Bonchev–Trinajstić information content (AvgIpc) is 3.08. The fourth-order valence-electron chi connectivity index (χ4n) is 2.91. The van der Waals surface area contributed by atoms with Gasteiger partial charge in [-0.2, -0.15) is 0 Å². The monoisotopic (exact) mass is 326 g/mol. The van der Waals surface area contributed by atoms with Gasteiger partial charge in [0, 0.05) is 18.7 Å². The average molecular weight is 326 g/mol. The van der Waals surface area contributed by atoms with Crippen LogP contribution in [0.2, 0.25) is 0 Å². The van der Waals surface area contributed by atoms with E-state index in [1.807, 2.05) is 25.2 Å². The minimum atomic E-state index is -0.0392. The Morgan fingerprint density at radius 2 is 1.92 bits per heavy atom. The third kappa shape index (κ3) is 3.51. The van der Waals surface area contributed by atoms with E-state index >= 15 is 0 Å². The molecule has 126 valence electrons. The van der Waals surface area contributed by atoms with Gasteiger partial charge in [-0.3, -0.25) is 4.79 Å². The summed E-state index contributed by atoms with van der Waals surface area (Å²) in [4.78, 5) is 14.6. The van der Waals surface area contributed by atoms with Gasteiger partial charge in [0.05, 0.1) is 0 Å². The molecule has 1 amide bonds. The van der Waals surface area contributed by atoms with E-state index in [-0.39, 0.29) is 18.7 Å². The molecule has 2 N–H and O–H groups in total. The number of hydrogen-bond acceptors (Lipinski definition) is 4. The summed E-state index contributed by atoms with van der Waals surface area (Å²) in [5.41, 5.74) is 7.55. The summed E-state index contributed by atoms with van der Waals surface area (Å²) in [6.45, 7) is 0.739. The molecule has 2 aromatic carbocycles. The molecule has 3 rings (SSSR count). The van der Waals surface area contributed by atoms with Gasteiger partial charge in [0.1, 0.15) is 0 Å². The lowest BCUT2D eigenvalue weighted by Crippen LogP contribution is -2.39. The van der Waals surface area contributed by atoms with Crippen LogP contribution in [0.15, 0.2) is 48.5 Å². The number of nitrogens with two attached hydrogens (primary N) is 1. The van der Waals surface area contributed by atoms with Gasteiger partial charge in [0.25, 0.3) is 5.91 Å². The Labute approximate surface area is 142 Å². The van der Waals surface area contributed by atoms with Crippen molar-refractivity contribution in [3.63, 3.8) is 0 Å². The van der Waals surface area contributed by atoms with Crippen molar-refractivity contribution >= 4 is 5.91 Å². The Morgan fingerprint density at radius 3 is 2.67 bits per heavy atom. The summed E-state index contributed by atoms with van der Waals surface area (Å²) < 4.78 is 10.7. The number of carbonyl (C=O) groups excluding carboxylic acids is 1. The maximum absolute atomic E-state index is 12.8. The Hall–Kier alpha value is -2.53. The fraction of sp³-hybridized carbons (Fsp3) is 0.316. The molecular weight excluding hydrogens is 304 g/mol. The topological polar surface area (TPSA) is 64.8 Å². The highest BCUT2D eigenvalue weighted by Gasteiger charge is 2.23. The molecule has 0 fully saturated rings. The van der Waals surface area contributed by atoms with E-state index < -0.39 is 0 Å². The Bertz CT molecular complexity index is 703. The van der Waals surface area contributed by atoms with E-state index in [0.29, 0.717) is 23.6 Å². The molecule has 5 heteroatoms. The van der Waals surface area contributed by atoms with Crippen LogP contribution < -0.4 is 15.2 Å². The van der Waals surface area contributed by atoms with Crippen molar-refractivity contribution < 1.29 is 14.3 Å². The minimum absolute atomic E-state index is 0.0392. The van der Waals surface area contributed by atoms with Gasteiger partial charge in [0.15, 0.2) is 11.5 Å². The van der Waals surface area contributed by atoms with Gasteiger partial charge < -0.3 is 20.1 Å². The second kappa shape index (κ2) is 7.36. The molecule has 1 atom stereocenters. The van der Waals surface area contributed by atoms with Crippen LogP contribution in [0.4, 0.5) is 0 Å². The van der Waals surface area contributed by atoms with Crippen LogP contribution in [0.25, 0.3) is 0 Å². The highest BCUT2D eigenvalue weighted by molar-refractivity contribution is 5.95. The Morgan fingerprint density at radius 1 is 1.17 bits per heavy atom. The van der Waals surface area contributed by atoms with E-state index in [1.165, 1.54) is 5.56 Å². The van der Waals surface area contributed by atoms with Gasteiger partial charge in [-0.05, 0) is 43.1 Å². The summed E-state index contributed by atoms with van der Waals surface area (Å²) >= 11 is 0. The molecule has 1 aliphatic heterocycles. The SMILES string of the molecule is CN(C(=O)c1ccc2c(c1)OCO2)[C@H](CCN)Cc1ccccc1. The normalized spacial score (nSPS) is 13.6. The quantitative estimate of drug-likeness (QED) is 0.885. The van der Waals surface area contributed by atoms with Crippen LogP contribution in [0.1, 0.15) is 22.3 Å². The lowest BCUT2D eigenvalue weighted by atomic mass is 10.0. The van der Waals surface area contributed by atoms with Crippen molar-refractivity contribution in [2.45, 2.75) is 18.9 Å². The molecular formula is C19H22N2O3. The summed E-state index contributed by atoms with van der Waals surface area (Å²) in [5.74, 6) is 1.26. The maximum atomic E-state index is 12.8. The number of amides is 1. The first-order valence-electron chi connectivity index (χ1n) is 8.10. The molecule has 24 heavy (non-hydrogen) atoms. The van der Waals surface area contributed by atoms with Crippen molar-refractivity contribution in [2.75, 3.05) is 20.4 Å². The summed E-state index contributed by atoms with van der Waals surface area (Å²) in [5, 5.41) is 0. The molecule has 0 bridgehead atoms. The number of rotatable bonds is 6. The zero-order valence-electron chi connectivity index (χ0n) is 13.8. The fourth-order valence-corrected chi connectivity index (χ4v) is 2.91. The molecule has 5 nitrogen and oxygen atoms in total. The minimum Gasteiger partial charge on any atom is -0.454 e. The third-order valence-corrected chi connectivity index (χ3v) is 4.30. The van der Waals surface area contributed by atoms with Gasteiger partial charge >= 0.3 is 0 Å². The molecule has 1 aliphatic rings. The van der Waals surface area contributed by atoms with Gasteiger partial charge in [-0.15, -0.1) is 0 Å². The number of hydrogen-bond donors (Lipinski definition) is 1. The zero-order chi connectivity index (χ0) is 16.9. The lowest BCUT2D eigenvalue weighted by Gasteiger charge is -2.28. The van der Waals surface area contributed by atoms with Crippen LogP contribution in [0.3, 0.4) is 0 Å². The van der Waals surface area contributed by atoms with E-state index in [2.05, 4.69) is 12.1 Å². The molecule has 0 aromatic heterocycles. The Balaban J connectivity index is 1.76. The van der Waals surface area contributed by atoms with Gasteiger partial charge in [-0.25, -0.2) is 0 Å². The standard InChI is InChI=1S/C19H22N2O3/c1-21(16(9-10-20)11-14-5-3-2-4-6-14)19(22)15-7-8-17-18(12-15)24-13-23-17/h2-8,12,16H,9-11,13,20H2,1H3/t16-/m1/s1. The first-order valence-corrected chi connectivity index (χ1v) is 8.10. The van der Waals surface area contributed by atoms with Crippen LogP contribution >= 0.6 is 0 Å². The zero-order valence-corrected chi connectivity index (χ0v) is 13.8. The first-order chi connectivity index (χ1) is 11.7. The van der Waals surface area contributed by atoms with Gasteiger partial charge in [0.2, 0.25) is 6.79 Å². The van der Waals surface area contributed by atoms with Crippen LogP contribution in [-0.4, -0.2) is 37.2 Å². The van der Waals surface area contributed by atoms with E-state index in [9.17, 15) is 4.79 Å². The number of likely N-dealkylation sites (N-methyl/N-ethyl adjacent to an activating group) is 1. The maximum Gasteiger partial charge on any atom is 0.253 e. The molecule has 0 spiro atoms. The summed E-state index contributed by atoms with van der Waals surface area (Å²) in [6.07, 6.45) is 1.53. The number of carbonyl (C=O) groups is 1. The molecule has 0 radical (unpaired) electrons. The van der Waals surface area contributed by atoms with Crippen LogP contribution in [0, 0.1) is 0 Å². The van der Waals surface area contributed by atoms with Crippen LogP contribution in [0.5, 0.6) is 11.5 Å². The summed E-state index contributed by atoms with van der Waals surface area (Å²) in [6, 6.07) is 15.5. The van der Waals surface area contributed by atoms with E-state index in [1.54, 1.807) is 23.1 Å². The second-order valence-electron chi connectivity index (χ2n) is 5.90. The molecule has 0 aliphatic carbocycles. The molecule has 0 unspecified atom stereocenters. The highest BCUT2D eigenvalue weighted by atomic mass is 16.7. The smallest absolute Gasteiger partial charge is 0.253 e. The van der Waals surface area contributed by atoms with Crippen molar-refractivity contribution in [2.24, 2.45) is 5.73 Å². The van der Waals surface area contributed by atoms with Crippen molar-refractivity contribution in [1.82, 2.24) is 4.90 Å². The highest BCUT2D eigenvalue weighted by Crippen LogP contribution is 2.33. The van der Waals surface area contributed by atoms with Gasteiger partial charge in [-0.1, -0.05) is 30.3 Å². The van der Waals surface area contributed by atoms with Crippen LogP contribution in [-0.2, 0) is 6.42 Å². The largest absolute Gasteiger partial charge is 0.454 e. The van der Waals surface area contributed by atoms with E-state index in [0.717, 1.165) is 12.8 Å². The number of nitrogens with zero attached hydrogens (tertiary/aromatic N) is 1. The van der Waals surface area contributed by atoms with Crippen molar-refractivity contribution in [3.8, 4) is 11.5 Å². The number of fused-ring (bicyclic) bond motifs is 1. The number of ether oxygens (including phenoxy) is 2. The third-order valence-electron chi connectivity index (χ3n) is 4.30. The second-order valence-corrected chi connectivity index (χ2v) is 5.90. The predicted molar refractivity (Wildman–Crippen MR) is 92.3 cm³/mol. The first kappa shape index (κ1) is 16.3. The van der Waals surface area contributed by atoms with Crippen molar-refractivity contribution in [1.29, 1.82) is 0 Å². The lowest BCUT2D eigenvalue weighted by molar-refractivity contribution is 0.0725. The van der Waals surface area contributed by atoms with Crippen molar-refractivity contribution in [3.05, 3.63) is 59.7 Å². The van der Waals surface area contributed by atoms with E-state index in [4.69, 9.17) is 15.2 Å². The predicted octanol–water partition coefficient (Wildman–Crippen LogP) is 2.45. The number of benzene rings is 2. The molecule has 0 saturated carbocycles.